The van der Waals surface area contributed by atoms with E-state index < -0.39 is 0 Å². The van der Waals surface area contributed by atoms with Crippen molar-refractivity contribution < 1.29 is 9.53 Å². The van der Waals surface area contributed by atoms with Crippen molar-refractivity contribution in [1.82, 2.24) is 5.32 Å². The Morgan fingerprint density at radius 1 is 1.27 bits per heavy atom. The first-order valence-electron chi connectivity index (χ1n) is 9.93. The molecule has 1 aromatic rings. The van der Waals surface area contributed by atoms with Crippen LogP contribution in [0.2, 0.25) is 0 Å². The number of benzene rings is 1. The number of hydrogen-bond donors (Lipinski definition) is 2. The van der Waals surface area contributed by atoms with Gasteiger partial charge in [-0.15, -0.1) is 0 Å². The Hall–Kier alpha value is -1.97. The summed E-state index contributed by atoms with van der Waals surface area (Å²) in [6.07, 6.45) is 7.99. The Labute approximate surface area is 158 Å². The summed E-state index contributed by atoms with van der Waals surface area (Å²) < 4.78 is 6.04. The Kier molecular flexibility index (Phi) is 8.02. The zero-order valence-electron chi connectivity index (χ0n) is 16.3. The molecule has 26 heavy (non-hydrogen) atoms. The molecule has 1 amide bonds. The van der Waals surface area contributed by atoms with Crippen LogP contribution in [0.4, 0.5) is 5.69 Å². The number of carbonyl (C=O) groups is 1. The van der Waals surface area contributed by atoms with Gasteiger partial charge in [-0.1, -0.05) is 32.6 Å². The third kappa shape index (κ3) is 7.11. The second-order valence-electron chi connectivity index (χ2n) is 7.84. The van der Waals surface area contributed by atoms with Crippen molar-refractivity contribution in [2.75, 3.05) is 5.73 Å². The number of ether oxygens (including phenoxy) is 1. The van der Waals surface area contributed by atoms with E-state index in [-0.39, 0.29) is 18.1 Å². The molecule has 0 aromatic heterocycles. The molecule has 0 aliphatic heterocycles. The molecule has 4 heteroatoms. The molecule has 0 unspecified atom stereocenters. The summed E-state index contributed by atoms with van der Waals surface area (Å²) in [6.45, 7) is 8.42. The quantitative estimate of drug-likeness (QED) is 0.475. The lowest BCUT2D eigenvalue weighted by molar-refractivity contribution is -0.122. The van der Waals surface area contributed by atoms with Crippen LogP contribution in [0.5, 0.6) is 0 Å². The zero-order valence-corrected chi connectivity index (χ0v) is 16.3. The minimum absolute atomic E-state index is 0.0715. The van der Waals surface area contributed by atoms with E-state index in [9.17, 15) is 4.79 Å². The van der Waals surface area contributed by atoms with E-state index in [1.54, 1.807) is 0 Å². The minimum Gasteiger partial charge on any atom is -0.493 e. The van der Waals surface area contributed by atoms with Gasteiger partial charge in [0.15, 0.2) is 0 Å². The number of nitrogen functional groups attached to an aromatic ring is 1. The minimum atomic E-state index is -0.0976. The van der Waals surface area contributed by atoms with Crippen molar-refractivity contribution in [2.45, 2.75) is 77.4 Å². The van der Waals surface area contributed by atoms with Crippen LogP contribution in [0.25, 0.3) is 0 Å². The van der Waals surface area contributed by atoms with E-state index in [0.717, 1.165) is 43.6 Å². The number of aryl methyl sites for hydroxylation is 1. The first-order chi connectivity index (χ1) is 12.4. The first kappa shape index (κ1) is 20.3. The van der Waals surface area contributed by atoms with Crippen LogP contribution in [0.15, 0.2) is 36.6 Å². The Balaban J connectivity index is 1.78. The number of carbonyl (C=O) groups excluding carboxylic acids is 1. The maximum absolute atomic E-state index is 12.4. The molecule has 1 fully saturated rings. The van der Waals surface area contributed by atoms with Gasteiger partial charge in [0, 0.05) is 12.1 Å². The lowest BCUT2D eigenvalue weighted by Crippen LogP contribution is -2.38. The van der Waals surface area contributed by atoms with Gasteiger partial charge in [0.1, 0.15) is 5.76 Å². The second kappa shape index (κ2) is 10.2. The number of nitrogens with two attached hydrogens (primary N) is 1. The second-order valence-corrected chi connectivity index (χ2v) is 7.84. The Morgan fingerprint density at radius 2 is 1.92 bits per heavy atom. The van der Waals surface area contributed by atoms with Gasteiger partial charge in [-0.25, -0.2) is 0 Å². The lowest BCUT2D eigenvalue weighted by Gasteiger charge is -2.25. The van der Waals surface area contributed by atoms with Crippen molar-refractivity contribution in [1.29, 1.82) is 0 Å². The number of rotatable bonds is 10. The molecule has 0 radical (unpaired) electrons. The molecule has 1 saturated carbocycles. The summed E-state index contributed by atoms with van der Waals surface area (Å²) in [5, 5.41) is 3.13. The molecular weight excluding hydrogens is 324 g/mol. The fraction of sp³-hybridized carbons (Fsp3) is 0.591. The molecule has 1 atom stereocenters. The highest BCUT2D eigenvalue weighted by Crippen LogP contribution is 2.25. The molecule has 2 rings (SSSR count). The van der Waals surface area contributed by atoms with E-state index in [1.165, 1.54) is 18.4 Å². The topological polar surface area (TPSA) is 64.3 Å². The predicted molar refractivity (Wildman–Crippen MR) is 108 cm³/mol. The van der Waals surface area contributed by atoms with Crippen molar-refractivity contribution in [3.8, 4) is 0 Å². The van der Waals surface area contributed by atoms with Crippen molar-refractivity contribution in [3.05, 3.63) is 42.2 Å². The van der Waals surface area contributed by atoms with Crippen LogP contribution < -0.4 is 11.1 Å². The summed E-state index contributed by atoms with van der Waals surface area (Å²) in [5.74, 6) is 1.26. The third-order valence-electron chi connectivity index (χ3n) is 4.90. The number of anilines is 1. The summed E-state index contributed by atoms with van der Waals surface area (Å²) in [6, 6.07) is 7.74. The van der Waals surface area contributed by atoms with E-state index in [0.29, 0.717) is 12.3 Å². The molecule has 4 nitrogen and oxygen atoms in total. The molecule has 144 valence electrons. The average Bonchev–Trinajstić information content (AvgIpc) is 3.08. The van der Waals surface area contributed by atoms with E-state index in [2.05, 4.69) is 25.7 Å². The van der Waals surface area contributed by atoms with Crippen LogP contribution >= 0.6 is 0 Å². The number of amides is 1. The van der Waals surface area contributed by atoms with Gasteiger partial charge in [-0.3, -0.25) is 4.79 Å². The van der Waals surface area contributed by atoms with Crippen LogP contribution in [0.1, 0.15) is 64.4 Å². The molecule has 0 spiro atoms. The van der Waals surface area contributed by atoms with Crippen molar-refractivity contribution in [3.63, 3.8) is 0 Å². The van der Waals surface area contributed by atoms with Crippen molar-refractivity contribution >= 4 is 11.6 Å². The SMILES string of the molecule is C=C(OC1CCCC1)[C@H](CC(C)C)NC(=O)CCCc1ccc(N)cc1. The highest BCUT2D eigenvalue weighted by molar-refractivity contribution is 5.76. The summed E-state index contributed by atoms with van der Waals surface area (Å²) in [4.78, 5) is 12.4. The molecular formula is C22H34N2O2. The number of nitrogens with one attached hydrogen (secondary N) is 1. The average molecular weight is 359 g/mol. The lowest BCUT2D eigenvalue weighted by atomic mass is 10.0. The van der Waals surface area contributed by atoms with Gasteiger partial charge in [0.25, 0.3) is 0 Å². The number of hydrogen-bond acceptors (Lipinski definition) is 3. The predicted octanol–water partition coefficient (Wildman–Crippen LogP) is 4.60. The monoisotopic (exact) mass is 358 g/mol. The molecule has 0 heterocycles. The van der Waals surface area contributed by atoms with Gasteiger partial charge >= 0.3 is 0 Å². The van der Waals surface area contributed by atoms with Gasteiger partial charge in [0.05, 0.1) is 12.1 Å². The summed E-state index contributed by atoms with van der Waals surface area (Å²) in [5.41, 5.74) is 7.68. The van der Waals surface area contributed by atoms with Gasteiger partial charge in [-0.05, 0) is 68.6 Å². The summed E-state index contributed by atoms with van der Waals surface area (Å²) >= 11 is 0. The van der Waals surface area contributed by atoms with Crippen LogP contribution in [-0.4, -0.2) is 18.1 Å². The molecule has 3 N–H and O–H groups in total. The van der Waals surface area contributed by atoms with E-state index in [4.69, 9.17) is 10.5 Å². The van der Waals surface area contributed by atoms with E-state index in [1.807, 2.05) is 24.3 Å². The maximum Gasteiger partial charge on any atom is 0.220 e. The molecule has 1 aliphatic rings. The van der Waals surface area contributed by atoms with Crippen LogP contribution in [-0.2, 0) is 16.0 Å². The fourth-order valence-electron chi connectivity index (χ4n) is 3.45. The Morgan fingerprint density at radius 3 is 2.54 bits per heavy atom. The third-order valence-corrected chi connectivity index (χ3v) is 4.90. The van der Waals surface area contributed by atoms with Crippen LogP contribution in [0, 0.1) is 5.92 Å². The normalized spacial score (nSPS) is 15.8. The van der Waals surface area contributed by atoms with Crippen molar-refractivity contribution in [2.24, 2.45) is 5.92 Å². The first-order valence-corrected chi connectivity index (χ1v) is 9.93. The summed E-state index contributed by atoms with van der Waals surface area (Å²) in [7, 11) is 0. The molecule has 0 bridgehead atoms. The maximum atomic E-state index is 12.4. The van der Waals surface area contributed by atoms with E-state index >= 15 is 0 Å². The van der Waals surface area contributed by atoms with Gasteiger partial charge in [-0.2, -0.15) is 0 Å². The van der Waals surface area contributed by atoms with Gasteiger partial charge < -0.3 is 15.8 Å². The fourth-order valence-corrected chi connectivity index (χ4v) is 3.45. The Bertz CT molecular complexity index is 574. The molecule has 1 aliphatic carbocycles. The molecule has 0 saturated heterocycles. The highest BCUT2D eigenvalue weighted by Gasteiger charge is 2.23. The molecule has 1 aromatic carbocycles. The smallest absolute Gasteiger partial charge is 0.220 e. The highest BCUT2D eigenvalue weighted by atomic mass is 16.5. The largest absolute Gasteiger partial charge is 0.493 e. The standard InChI is InChI=1S/C22H34N2O2/c1-16(2)15-21(17(3)26-20-8-4-5-9-20)24-22(25)10-6-7-18-11-13-19(23)14-12-18/h11-14,16,20-21H,3-10,15,23H2,1-2H3,(H,24,25)/t21-/m0/s1. The zero-order chi connectivity index (χ0) is 18.9. The van der Waals surface area contributed by atoms with Gasteiger partial charge in [0.2, 0.25) is 5.91 Å². The van der Waals surface area contributed by atoms with Crippen LogP contribution in [0.3, 0.4) is 0 Å².